The number of ether oxygens (including phenoxy) is 3. The molecule has 2 N–H and O–H groups in total. The number of nitrogens with zero attached hydrogens (tertiary/aromatic N) is 1. The van der Waals surface area contributed by atoms with Gasteiger partial charge in [0, 0.05) is 26.3 Å². The van der Waals surface area contributed by atoms with E-state index in [4.69, 9.17) is 14.2 Å². The fourth-order valence-electron chi connectivity index (χ4n) is 2.69. The maximum Gasteiger partial charge on any atom is 0.191 e. The predicted molar refractivity (Wildman–Crippen MR) is 99.9 cm³/mol. The molecule has 1 fully saturated rings. The van der Waals surface area contributed by atoms with Crippen molar-refractivity contribution in [3.63, 3.8) is 0 Å². The first-order chi connectivity index (χ1) is 12.6. The second kappa shape index (κ2) is 11.1. The van der Waals surface area contributed by atoms with Crippen LogP contribution in [0.25, 0.3) is 0 Å². The maximum absolute atomic E-state index is 13.1. The highest BCUT2D eigenvalue weighted by Crippen LogP contribution is 2.17. The van der Waals surface area contributed by atoms with Crippen molar-refractivity contribution in [1.82, 2.24) is 10.6 Å². The highest BCUT2D eigenvalue weighted by atomic mass is 19.1. The van der Waals surface area contributed by atoms with Crippen molar-refractivity contribution >= 4 is 5.96 Å². The summed E-state index contributed by atoms with van der Waals surface area (Å²) in [6, 6.07) is 6.42. The fourth-order valence-corrected chi connectivity index (χ4v) is 2.69. The molecule has 0 bridgehead atoms. The molecule has 1 heterocycles. The lowest BCUT2D eigenvalue weighted by Crippen LogP contribution is -2.44. The van der Waals surface area contributed by atoms with Crippen molar-refractivity contribution in [2.24, 2.45) is 4.99 Å². The first kappa shape index (κ1) is 20.6. The van der Waals surface area contributed by atoms with Crippen molar-refractivity contribution < 1.29 is 18.6 Å². The number of rotatable bonds is 9. The Bertz CT molecular complexity index is 547. The third-order valence-corrected chi connectivity index (χ3v) is 4.14. The fraction of sp³-hybridized carbons (Fsp3) is 0.632. The monoisotopic (exact) mass is 367 g/mol. The van der Waals surface area contributed by atoms with Crippen LogP contribution in [0.2, 0.25) is 0 Å². The Morgan fingerprint density at radius 2 is 2.15 bits per heavy atom. The van der Waals surface area contributed by atoms with Gasteiger partial charge in [0.25, 0.3) is 0 Å². The maximum atomic E-state index is 13.1. The highest BCUT2D eigenvalue weighted by molar-refractivity contribution is 5.80. The third-order valence-electron chi connectivity index (χ3n) is 4.14. The zero-order valence-corrected chi connectivity index (χ0v) is 15.8. The predicted octanol–water partition coefficient (Wildman–Crippen LogP) is 2.26. The molecule has 1 aromatic carbocycles. The molecular weight excluding hydrogens is 337 g/mol. The van der Waals surface area contributed by atoms with E-state index in [0.29, 0.717) is 25.7 Å². The van der Waals surface area contributed by atoms with Gasteiger partial charge in [0.05, 0.1) is 25.9 Å². The van der Waals surface area contributed by atoms with E-state index >= 15 is 0 Å². The average Bonchev–Trinajstić information content (AvgIpc) is 3.15. The molecule has 0 amide bonds. The minimum Gasteiger partial charge on any atom is -0.379 e. The van der Waals surface area contributed by atoms with Crippen molar-refractivity contribution in [3.05, 3.63) is 35.6 Å². The van der Waals surface area contributed by atoms with Gasteiger partial charge in [-0.15, -0.1) is 0 Å². The van der Waals surface area contributed by atoms with Crippen LogP contribution >= 0.6 is 0 Å². The van der Waals surface area contributed by atoms with Crippen molar-refractivity contribution in [3.8, 4) is 0 Å². The van der Waals surface area contributed by atoms with E-state index in [-0.39, 0.29) is 24.1 Å². The zero-order valence-electron chi connectivity index (χ0n) is 15.8. The Kier molecular flexibility index (Phi) is 8.80. The van der Waals surface area contributed by atoms with Crippen LogP contribution in [0.1, 0.15) is 31.9 Å². The molecular formula is C19H30FN3O3. The summed E-state index contributed by atoms with van der Waals surface area (Å²) in [7, 11) is 1.63. The lowest BCUT2D eigenvalue weighted by atomic mass is 10.1. The largest absolute Gasteiger partial charge is 0.379 e. The van der Waals surface area contributed by atoms with E-state index in [1.54, 1.807) is 19.2 Å². The normalized spacial score (nSPS) is 20.0. The summed E-state index contributed by atoms with van der Waals surface area (Å²) < 4.78 is 29.7. The van der Waals surface area contributed by atoms with Crippen LogP contribution in [-0.4, -0.2) is 58.1 Å². The van der Waals surface area contributed by atoms with Gasteiger partial charge in [-0.1, -0.05) is 12.1 Å². The summed E-state index contributed by atoms with van der Waals surface area (Å²) in [5.41, 5.74) is 0.895. The van der Waals surface area contributed by atoms with E-state index in [1.807, 2.05) is 6.92 Å². The highest BCUT2D eigenvalue weighted by Gasteiger charge is 2.17. The van der Waals surface area contributed by atoms with Gasteiger partial charge < -0.3 is 24.8 Å². The van der Waals surface area contributed by atoms with Crippen LogP contribution in [0.3, 0.4) is 0 Å². The Morgan fingerprint density at radius 1 is 1.38 bits per heavy atom. The molecule has 7 heteroatoms. The van der Waals surface area contributed by atoms with Gasteiger partial charge in [-0.2, -0.15) is 0 Å². The van der Waals surface area contributed by atoms with Crippen molar-refractivity contribution in [2.75, 3.05) is 40.0 Å². The molecule has 1 aliphatic heterocycles. The second-order valence-electron chi connectivity index (χ2n) is 6.36. The number of nitrogens with one attached hydrogen (secondary N) is 2. The van der Waals surface area contributed by atoms with E-state index in [2.05, 4.69) is 22.5 Å². The van der Waals surface area contributed by atoms with Crippen molar-refractivity contribution in [2.45, 2.75) is 38.5 Å². The molecule has 0 aromatic heterocycles. The molecule has 6 nitrogen and oxygen atoms in total. The molecule has 0 spiro atoms. The molecule has 3 atom stereocenters. The lowest BCUT2D eigenvalue weighted by Gasteiger charge is -2.20. The van der Waals surface area contributed by atoms with E-state index in [0.717, 1.165) is 25.1 Å². The molecule has 1 aliphatic rings. The lowest BCUT2D eigenvalue weighted by molar-refractivity contribution is 0.0347. The van der Waals surface area contributed by atoms with Crippen LogP contribution in [0.4, 0.5) is 4.39 Å². The standard InChI is InChI=1S/C19H30FN3O3/c1-4-21-19(23-14(2)12-26-17-9-10-25-13-17)22-11-18(24-3)15-5-7-16(20)8-6-15/h5-8,14,17-18H,4,9-13H2,1-3H3,(H2,21,22,23). The summed E-state index contributed by atoms with van der Waals surface area (Å²) in [6.07, 6.45) is 0.914. The molecule has 2 rings (SSSR count). The van der Waals surface area contributed by atoms with Gasteiger partial charge in [-0.25, -0.2) is 4.39 Å². The summed E-state index contributed by atoms with van der Waals surface area (Å²) in [5, 5.41) is 6.56. The minimum absolute atomic E-state index is 0.111. The first-order valence-electron chi connectivity index (χ1n) is 9.14. The molecule has 0 aliphatic carbocycles. The number of hydrogen-bond acceptors (Lipinski definition) is 4. The molecule has 146 valence electrons. The molecule has 1 saturated heterocycles. The Hall–Kier alpha value is -1.70. The van der Waals surface area contributed by atoms with Gasteiger partial charge in [0.15, 0.2) is 5.96 Å². The molecule has 0 saturated carbocycles. The number of guanidine groups is 1. The molecule has 3 unspecified atom stereocenters. The van der Waals surface area contributed by atoms with E-state index < -0.39 is 0 Å². The zero-order chi connectivity index (χ0) is 18.8. The summed E-state index contributed by atoms with van der Waals surface area (Å²) in [4.78, 5) is 4.60. The Morgan fingerprint density at radius 3 is 2.77 bits per heavy atom. The number of aliphatic imine (C=N–C) groups is 1. The van der Waals surface area contributed by atoms with E-state index in [9.17, 15) is 4.39 Å². The topological polar surface area (TPSA) is 64.1 Å². The van der Waals surface area contributed by atoms with Crippen LogP contribution in [0.5, 0.6) is 0 Å². The smallest absolute Gasteiger partial charge is 0.191 e. The van der Waals surface area contributed by atoms with Crippen LogP contribution in [0, 0.1) is 5.82 Å². The molecule has 1 aromatic rings. The van der Waals surface area contributed by atoms with Crippen LogP contribution in [-0.2, 0) is 14.2 Å². The number of halogens is 1. The summed E-state index contributed by atoms with van der Waals surface area (Å²) in [5.74, 6) is 0.444. The quantitative estimate of drug-likeness (QED) is 0.518. The number of methoxy groups -OCH3 is 1. The number of hydrogen-bond donors (Lipinski definition) is 2. The van der Waals surface area contributed by atoms with Gasteiger partial charge in [0.2, 0.25) is 0 Å². The van der Waals surface area contributed by atoms with Gasteiger partial charge in [-0.05, 0) is 38.0 Å². The molecule has 26 heavy (non-hydrogen) atoms. The van der Waals surface area contributed by atoms with Gasteiger partial charge in [-0.3, -0.25) is 4.99 Å². The van der Waals surface area contributed by atoms with Crippen molar-refractivity contribution in [1.29, 1.82) is 0 Å². The summed E-state index contributed by atoms with van der Waals surface area (Å²) in [6.45, 7) is 7.29. The summed E-state index contributed by atoms with van der Waals surface area (Å²) >= 11 is 0. The third kappa shape index (κ3) is 6.90. The average molecular weight is 367 g/mol. The van der Waals surface area contributed by atoms with Crippen LogP contribution in [0.15, 0.2) is 29.3 Å². The van der Waals surface area contributed by atoms with Gasteiger partial charge >= 0.3 is 0 Å². The second-order valence-corrected chi connectivity index (χ2v) is 6.36. The van der Waals surface area contributed by atoms with Crippen LogP contribution < -0.4 is 10.6 Å². The Labute approximate surface area is 155 Å². The first-order valence-corrected chi connectivity index (χ1v) is 9.14. The Balaban J connectivity index is 1.87. The SMILES string of the molecule is CCNC(=NCC(OC)c1ccc(F)cc1)NC(C)COC1CCOC1. The number of benzene rings is 1. The minimum atomic E-state index is -0.261. The van der Waals surface area contributed by atoms with E-state index in [1.165, 1.54) is 12.1 Å². The molecule has 0 radical (unpaired) electrons. The van der Waals surface area contributed by atoms with Gasteiger partial charge in [0.1, 0.15) is 11.9 Å².